The first-order chi connectivity index (χ1) is 7.25. The molecule has 1 amide bonds. The maximum atomic E-state index is 11.7. The number of halogens is 1. The number of hydrogen-bond acceptors (Lipinski definition) is 2. The Morgan fingerprint density at radius 3 is 2.87 bits per heavy atom. The van der Waals surface area contributed by atoms with Gasteiger partial charge in [0.05, 0.1) is 6.54 Å². The zero-order chi connectivity index (χ0) is 10.7. The molecule has 0 saturated heterocycles. The van der Waals surface area contributed by atoms with Crippen molar-refractivity contribution in [3.63, 3.8) is 0 Å². The molecule has 0 bridgehead atoms. The predicted molar refractivity (Wildman–Crippen MR) is 65.7 cm³/mol. The smallest absolute Gasteiger partial charge is 0.224 e. The van der Waals surface area contributed by atoms with Crippen LogP contribution in [0.3, 0.4) is 0 Å². The highest BCUT2D eigenvalue weighted by Crippen LogP contribution is 2.21. The summed E-state index contributed by atoms with van der Waals surface area (Å²) in [6.45, 7) is 0.644. The van der Waals surface area contributed by atoms with Gasteiger partial charge < -0.3 is 5.32 Å². The second kappa shape index (κ2) is 4.94. The fourth-order valence-electron chi connectivity index (χ4n) is 1.60. The first-order valence-corrected chi connectivity index (χ1v) is 6.58. The number of allylic oxidation sites excluding steroid dienone is 2. The van der Waals surface area contributed by atoms with Crippen molar-refractivity contribution in [3.8, 4) is 0 Å². The van der Waals surface area contributed by atoms with Crippen molar-refractivity contribution in [2.24, 2.45) is 5.92 Å². The van der Waals surface area contributed by atoms with Crippen LogP contribution in [-0.2, 0) is 11.3 Å². The van der Waals surface area contributed by atoms with Crippen LogP contribution in [0.1, 0.15) is 17.7 Å². The lowest BCUT2D eigenvalue weighted by Crippen LogP contribution is -2.28. The minimum absolute atomic E-state index is 0.161. The Hall–Kier alpha value is -0.610. The zero-order valence-corrected chi connectivity index (χ0v) is 10.6. The Morgan fingerprint density at radius 1 is 1.53 bits per heavy atom. The third-order valence-electron chi connectivity index (χ3n) is 2.44. The van der Waals surface area contributed by atoms with Crippen molar-refractivity contribution in [3.05, 3.63) is 32.9 Å². The third kappa shape index (κ3) is 2.92. The molecule has 15 heavy (non-hydrogen) atoms. The highest BCUT2D eigenvalue weighted by molar-refractivity contribution is 9.10. The first kappa shape index (κ1) is 10.9. The van der Waals surface area contributed by atoms with Gasteiger partial charge in [0.1, 0.15) is 0 Å². The lowest BCUT2D eigenvalue weighted by molar-refractivity contribution is -0.124. The van der Waals surface area contributed by atoms with Gasteiger partial charge in [-0.15, -0.1) is 11.3 Å². The highest BCUT2D eigenvalue weighted by Gasteiger charge is 2.18. The van der Waals surface area contributed by atoms with Gasteiger partial charge in [-0.25, -0.2) is 0 Å². The summed E-state index contributed by atoms with van der Waals surface area (Å²) in [5.74, 6) is 0.331. The quantitative estimate of drug-likeness (QED) is 0.850. The molecular formula is C11H12BrNOS. The monoisotopic (exact) mass is 285 g/mol. The predicted octanol–water partition coefficient (Wildman–Crippen LogP) is 3.09. The van der Waals surface area contributed by atoms with Gasteiger partial charge in [0.2, 0.25) is 5.91 Å². The molecule has 0 unspecified atom stereocenters. The molecule has 0 saturated carbocycles. The van der Waals surface area contributed by atoms with Gasteiger partial charge in [-0.1, -0.05) is 12.2 Å². The van der Waals surface area contributed by atoms with Crippen molar-refractivity contribution in [1.29, 1.82) is 0 Å². The second-order valence-corrected chi connectivity index (χ2v) is 5.50. The van der Waals surface area contributed by atoms with Crippen molar-refractivity contribution >= 4 is 33.2 Å². The number of hydrogen-bond donors (Lipinski definition) is 1. The Balaban J connectivity index is 1.80. The summed E-state index contributed by atoms with van der Waals surface area (Å²) >= 11 is 5.05. The molecule has 2 nitrogen and oxygen atoms in total. The average Bonchev–Trinajstić information content (AvgIpc) is 2.84. The van der Waals surface area contributed by atoms with Crippen molar-refractivity contribution in [2.45, 2.75) is 19.4 Å². The normalized spacial score (nSPS) is 15.8. The molecule has 0 fully saturated rings. The van der Waals surface area contributed by atoms with Crippen LogP contribution in [0.4, 0.5) is 0 Å². The van der Waals surface area contributed by atoms with Crippen LogP contribution < -0.4 is 5.32 Å². The molecule has 1 N–H and O–H groups in total. The minimum Gasteiger partial charge on any atom is -0.351 e. The van der Waals surface area contributed by atoms with Gasteiger partial charge in [-0.2, -0.15) is 0 Å². The van der Waals surface area contributed by atoms with E-state index in [0.29, 0.717) is 6.54 Å². The van der Waals surface area contributed by atoms with Crippen LogP contribution in [0.5, 0.6) is 0 Å². The summed E-state index contributed by atoms with van der Waals surface area (Å²) in [6.07, 6.45) is 5.93. The summed E-state index contributed by atoms with van der Waals surface area (Å²) < 4.78 is 1.08. The van der Waals surface area contributed by atoms with Gasteiger partial charge in [-0.05, 0) is 34.8 Å². The van der Waals surface area contributed by atoms with E-state index in [2.05, 4.69) is 33.4 Å². The van der Waals surface area contributed by atoms with Gasteiger partial charge in [0, 0.05) is 20.6 Å². The largest absolute Gasteiger partial charge is 0.351 e. The standard InChI is InChI=1S/C11H12BrNOS/c12-9-5-10(15-7-9)6-13-11(14)8-3-1-2-4-8/h1-2,5,7-8H,3-4,6H2,(H,13,14). The molecule has 0 aromatic carbocycles. The third-order valence-corrected chi connectivity index (χ3v) is 4.13. The highest BCUT2D eigenvalue weighted by atomic mass is 79.9. The fraction of sp³-hybridized carbons (Fsp3) is 0.364. The lowest BCUT2D eigenvalue weighted by Gasteiger charge is -2.09. The molecule has 0 spiro atoms. The van der Waals surface area contributed by atoms with E-state index in [1.165, 1.54) is 4.88 Å². The maximum Gasteiger partial charge on any atom is 0.224 e. The number of amides is 1. The molecule has 1 aromatic rings. The Kier molecular flexibility index (Phi) is 3.59. The molecule has 0 radical (unpaired) electrons. The fourth-order valence-corrected chi connectivity index (χ4v) is 2.99. The number of rotatable bonds is 3. The topological polar surface area (TPSA) is 29.1 Å². The van der Waals surface area contributed by atoms with E-state index >= 15 is 0 Å². The SMILES string of the molecule is O=C(NCc1cc(Br)cs1)C1CC=CC1. The van der Waals surface area contributed by atoms with E-state index in [1.54, 1.807) is 11.3 Å². The first-order valence-electron chi connectivity index (χ1n) is 4.91. The van der Waals surface area contributed by atoms with E-state index in [4.69, 9.17) is 0 Å². The van der Waals surface area contributed by atoms with Crippen LogP contribution in [0, 0.1) is 5.92 Å². The molecule has 1 aliphatic rings. The van der Waals surface area contributed by atoms with Crippen LogP contribution in [0.25, 0.3) is 0 Å². The summed E-state index contributed by atoms with van der Waals surface area (Å²) in [7, 11) is 0. The van der Waals surface area contributed by atoms with Gasteiger partial charge in [0.15, 0.2) is 0 Å². The summed E-state index contributed by atoms with van der Waals surface area (Å²) in [6, 6.07) is 2.04. The molecule has 1 heterocycles. The molecule has 0 atom stereocenters. The van der Waals surface area contributed by atoms with E-state index < -0.39 is 0 Å². The lowest BCUT2D eigenvalue weighted by atomic mass is 10.1. The van der Waals surface area contributed by atoms with Gasteiger partial charge in [0.25, 0.3) is 0 Å². The van der Waals surface area contributed by atoms with Crippen molar-refractivity contribution in [1.82, 2.24) is 5.32 Å². The molecule has 1 aromatic heterocycles. The Morgan fingerprint density at radius 2 is 2.27 bits per heavy atom. The number of carbonyl (C=O) groups excluding carboxylic acids is 1. The average molecular weight is 286 g/mol. The molecule has 4 heteroatoms. The Labute approximate surface area is 102 Å². The maximum absolute atomic E-state index is 11.7. The second-order valence-electron chi connectivity index (χ2n) is 3.59. The summed E-state index contributed by atoms with van der Waals surface area (Å²) in [4.78, 5) is 12.8. The number of carbonyl (C=O) groups is 1. The van der Waals surface area contributed by atoms with Crippen LogP contribution in [0.15, 0.2) is 28.1 Å². The number of nitrogens with one attached hydrogen (secondary N) is 1. The van der Waals surface area contributed by atoms with Crippen molar-refractivity contribution < 1.29 is 4.79 Å². The molecule has 0 aliphatic heterocycles. The van der Waals surface area contributed by atoms with E-state index in [-0.39, 0.29) is 11.8 Å². The molecule has 1 aliphatic carbocycles. The van der Waals surface area contributed by atoms with E-state index in [1.807, 2.05) is 11.4 Å². The Bertz CT molecular complexity index is 378. The van der Waals surface area contributed by atoms with Crippen LogP contribution >= 0.6 is 27.3 Å². The summed E-state index contributed by atoms with van der Waals surface area (Å²) in [5, 5.41) is 4.99. The van der Waals surface area contributed by atoms with E-state index in [9.17, 15) is 4.79 Å². The van der Waals surface area contributed by atoms with Crippen molar-refractivity contribution in [2.75, 3.05) is 0 Å². The van der Waals surface area contributed by atoms with Crippen LogP contribution in [0.2, 0.25) is 0 Å². The molecular weight excluding hydrogens is 274 g/mol. The van der Waals surface area contributed by atoms with Gasteiger partial charge in [-0.3, -0.25) is 4.79 Å². The molecule has 80 valence electrons. The summed E-state index contributed by atoms with van der Waals surface area (Å²) in [5.41, 5.74) is 0. The zero-order valence-electron chi connectivity index (χ0n) is 8.20. The molecule has 2 rings (SSSR count). The number of thiophene rings is 1. The van der Waals surface area contributed by atoms with Crippen LogP contribution in [-0.4, -0.2) is 5.91 Å². The van der Waals surface area contributed by atoms with Gasteiger partial charge >= 0.3 is 0 Å². The minimum atomic E-state index is 0.161. The van der Waals surface area contributed by atoms with E-state index in [0.717, 1.165) is 17.3 Å².